The Balaban J connectivity index is 1.96. The first-order valence-electron chi connectivity index (χ1n) is 6.85. The number of sulfone groups is 1. The number of aromatic carboxylic acids is 1. The molecule has 7 heteroatoms. The van der Waals surface area contributed by atoms with E-state index in [0.29, 0.717) is 24.2 Å². The summed E-state index contributed by atoms with van der Waals surface area (Å²) in [6.45, 7) is 0. The van der Waals surface area contributed by atoms with Gasteiger partial charge in [-0.05, 0) is 30.9 Å². The SMILES string of the molecule is O=C(O)c1cccc2cnc(CC3CCCS(=O)(=O)C3)n12. The molecule has 1 saturated heterocycles. The number of carbonyl (C=O) groups is 1. The van der Waals surface area contributed by atoms with Gasteiger partial charge >= 0.3 is 5.97 Å². The average Bonchev–Trinajstić information content (AvgIpc) is 2.81. The van der Waals surface area contributed by atoms with E-state index in [-0.39, 0.29) is 23.1 Å². The summed E-state index contributed by atoms with van der Waals surface area (Å²) in [4.78, 5) is 15.6. The van der Waals surface area contributed by atoms with Gasteiger partial charge in [0.2, 0.25) is 0 Å². The number of rotatable bonds is 3. The highest BCUT2D eigenvalue weighted by Crippen LogP contribution is 2.23. The number of nitrogens with zero attached hydrogens (tertiary/aromatic N) is 2. The van der Waals surface area contributed by atoms with Crippen molar-refractivity contribution in [2.75, 3.05) is 11.5 Å². The van der Waals surface area contributed by atoms with Crippen molar-refractivity contribution in [3.63, 3.8) is 0 Å². The molecule has 1 N–H and O–H groups in total. The number of carboxylic acids is 1. The Morgan fingerprint density at radius 1 is 1.43 bits per heavy atom. The summed E-state index contributed by atoms with van der Waals surface area (Å²) in [6, 6.07) is 4.99. The van der Waals surface area contributed by atoms with E-state index in [1.54, 1.807) is 22.7 Å². The van der Waals surface area contributed by atoms with Gasteiger partial charge in [0.05, 0.1) is 23.2 Å². The molecule has 1 aliphatic rings. The number of imidazole rings is 1. The standard InChI is InChI=1S/C14H16N2O4S/c17-14(18)12-5-1-4-11-8-15-13(16(11)12)7-10-3-2-6-21(19,20)9-10/h1,4-5,8,10H,2-3,6-7,9H2,(H,17,18). The van der Waals surface area contributed by atoms with E-state index in [4.69, 9.17) is 0 Å². The third kappa shape index (κ3) is 2.78. The molecule has 3 rings (SSSR count). The Hall–Kier alpha value is -1.89. The maximum atomic E-state index is 11.7. The second kappa shape index (κ2) is 5.14. The molecule has 1 unspecified atom stereocenters. The van der Waals surface area contributed by atoms with Crippen LogP contribution in [0, 0.1) is 5.92 Å². The Morgan fingerprint density at radius 2 is 2.24 bits per heavy atom. The number of hydrogen-bond acceptors (Lipinski definition) is 4. The van der Waals surface area contributed by atoms with Crippen LogP contribution in [0.15, 0.2) is 24.4 Å². The zero-order valence-electron chi connectivity index (χ0n) is 11.4. The van der Waals surface area contributed by atoms with Gasteiger partial charge in [0.1, 0.15) is 11.5 Å². The highest BCUT2D eigenvalue weighted by atomic mass is 32.2. The maximum absolute atomic E-state index is 11.7. The number of carboxylic acid groups (broad SMARTS) is 1. The Kier molecular flexibility index (Phi) is 3.44. The molecule has 2 aromatic rings. The van der Waals surface area contributed by atoms with Crippen LogP contribution in [0.25, 0.3) is 5.52 Å². The molecule has 0 bridgehead atoms. The molecule has 0 aliphatic carbocycles. The minimum Gasteiger partial charge on any atom is -0.477 e. The molecule has 112 valence electrons. The van der Waals surface area contributed by atoms with Crippen LogP contribution in [0.1, 0.15) is 29.2 Å². The van der Waals surface area contributed by atoms with Crippen LogP contribution in [0.4, 0.5) is 0 Å². The zero-order valence-corrected chi connectivity index (χ0v) is 12.2. The third-order valence-electron chi connectivity index (χ3n) is 3.87. The predicted molar refractivity (Wildman–Crippen MR) is 77.2 cm³/mol. The van der Waals surface area contributed by atoms with Gasteiger partial charge in [0, 0.05) is 6.42 Å². The normalized spacial score (nSPS) is 21.4. The lowest BCUT2D eigenvalue weighted by molar-refractivity contribution is 0.0688. The number of fused-ring (bicyclic) bond motifs is 1. The van der Waals surface area contributed by atoms with Crippen LogP contribution in [0.2, 0.25) is 0 Å². The molecule has 21 heavy (non-hydrogen) atoms. The molecular weight excluding hydrogens is 292 g/mol. The number of pyridine rings is 1. The topological polar surface area (TPSA) is 88.7 Å². The van der Waals surface area contributed by atoms with E-state index in [2.05, 4.69) is 4.98 Å². The molecule has 1 atom stereocenters. The lowest BCUT2D eigenvalue weighted by Gasteiger charge is -2.21. The van der Waals surface area contributed by atoms with Gasteiger partial charge in [-0.25, -0.2) is 18.2 Å². The molecule has 0 radical (unpaired) electrons. The van der Waals surface area contributed by atoms with Crippen molar-refractivity contribution in [1.29, 1.82) is 0 Å². The van der Waals surface area contributed by atoms with Crippen LogP contribution >= 0.6 is 0 Å². The van der Waals surface area contributed by atoms with Gasteiger partial charge in [-0.15, -0.1) is 0 Å². The third-order valence-corrected chi connectivity index (χ3v) is 5.76. The molecule has 0 amide bonds. The second-order valence-corrected chi connectivity index (χ2v) is 7.71. The van der Waals surface area contributed by atoms with Crippen molar-refractivity contribution in [3.05, 3.63) is 35.9 Å². The van der Waals surface area contributed by atoms with Crippen molar-refractivity contribution < 1.29 is 18.3 Å². The van der Waals surface area contributed by atoms with E-state index < -0.39 is 15.8 Å². The molecule has 1 aliphatic heterocycles. The minimum absolute atomic E-state index is 0.0104. The van der Waals surface area contributed by atoms with E-state index in [0.717, 1.165) is 6.42 Å². The van der Waals surface area contributed by atoms with Crippen LogP contribution in [0.3, 0.4) is 0 Å². The fraction of sp³-hybridized carbons (Fsp3) is 0.429. The van der Waals surface area contributed by atoms with Crippen molar-refractivity contribution in [1.82, 2.24) is 9.38 Å². The molecule has 0 saturated carbocycles. The number of aromatic nitrogens is 2. The largest absolute Gasteiger partial charge is 0.477 e. The highest BCUT2D eigenvalue weighted by molar-refractivity contribution is 7.91. The van der Waals surface area contributed by atoms with E-state index in [1.165, 1.54) is 6.07 Å². The summed E-state index contributed by atoms with van der Waals surface area (Å²) in [5.74, 6) is 0.0287. The van der Waals surface area contributed by atoms with Crippen molar-refractivity contribution in [3.8, 4) is 0 Å². The predicted octanol–water partition coefficient (Wildman–Crippen LogP) is 1.40. The van der Waals surface area contributed by atoms with Crippen molar-refractivity contribution in [2.45, 2.75) is 19.3 Å². The second-order valence-electron chi connectivity index (χ2n) is 5.48. The van der Waals surface area contributed by atoms with Gasteiger partial charge in [-0.3, -0.25) is 4.40 Å². The smallest absolute Gasteiger partial charge is 0.352 e. The van der Waals surface area contributed by atoms with Gasteiger partial charge in [-0.2, -0.15) is 0 Å². The summed E-state index contributed by atoms with van der Waals surface area (Å²) >= 11 is 0. The first-order chi connectivity index (χ1) is 9.96. The molecular formula is C14H16N2O4S. The molecule has 0 aromatic carbocycles. The van der Waals surface area contributed by atoms with Gasteiger partial charge < -0.3 is 5.11 Å². The molecule has 3 heterocycles. The molecule has 2 aromatic heterocycles. The first kappa shape index (κ1) is 14.1. The van der Waals surface area contributed by atoms with Gasteiger partial charge in [0.15, 0.2) is 9.84 Å². The molecule has 1 fully saturated rings. The quantitative estimate of drug-likeness (QED) is 0.926. The summed E-state index contributed by atoms with van der Waals surface area (Å²) in [5, 5.41) is 9.27. The first-order valence-corrected chi connectivity index (χ1v) is 8.67. The Labute approximate surface area is 122 Å². The van der Waals surface area contributed by atoms with Crippen molar-refractivity contribution in [2.24, 2.45) is 5.92 Å². The fourth-order valence-electron chi connectivity index (χ4n) is 2.96. The van der Waals surface area contributed by atoms with E-state index >= 15 is 0 Å². The summed E-state index contributed by atoms with van der Waals surface area (Å²) < 4.78 is 25.0. The molecule has 0 spiro atoms. The van der Waals surface area contributed by atoms with Crippen LogP contribution < -0.4 is 0 Å². The van der Waals surface area contributed by atoms with Gasteiger partial charge in [0.25, 0.3) is 0 Å². The fourth-order valence-corrected chi connectivity index (χ4v) is 4.74. The Bertz CT molecular complexity index is 794. The average molecular weight is 308 g/mol. The zero-order chi connectivity index (χ0) is 15.0. The summed E-state index contributed by atoms with van der Waals surface area (Å²) in [5.41, 5.74) is 0.863. The van der Waals surface area contributed by atoms with Crippen molar-refractivity contribution >= 4 is 21.3 Å². The lowest BCUT2D eigenvalue weighted by atomic mass is 10.0. The Morgan fingerprint density at radius 3 is 2.95 bits per heavy atom. The summed E-state index contributed by atoms with van der Waals surface area (Å²) in [7, 11) is -2.97. The monoisotopic (exact) mass is 308 g/mol. The highest BCUT2D eigenvalue weighted by Gasteiger charge is 2.26. The van der Waals surface area contributed by atoms with E-state index in [1.807, 2.05) is 0 Å². The van der Waals surface area contributed by atoms with Gasteiger partial charge in [-0.1, -0.05) is 6.07 Å². The number of hydrogen-bond donors (Lipinski definition) is 1. The minimum atomic E-state index is -2.97. The van der Waals surface area contributed by atoms with E-state index in [9.17, 15) is 18.3 Å². The lowest BCUT2D eigenvalue weighted by Crippen LogP contribution is -2.27. The van der Waals surface area contributed by atoms with Crippen LogP contribution in [-0.2, 0) is 16.3 Å². The summed E-state index contributed by atoms with van der Waals surface area (Å²) in [6.07, 6.45) is 3.61. The molecule has 6 nitrogen and oxygen atoms in total. The van der Waals surface area contributed by atoms with Crippen LogP contribution in [0.5, 0.6) is 0 Å². The van der Waals surface area contributed by atoms with Crippen LogP contribution in [-0.4, -0.2) is 40.4 Å². The maximum Gasteiger partial charge on any atom is 0.352 e.